The summed E-state index contributed by atoms with van der Waals surface area (Å²) >= 11 is 0. The number of hydrogen-bond donors (Lipinski definition) is 2. The van der Waals surface area contributed by atoms with E-state index in [9.17, 15) is 9.59 Å². The zero-order valence-corrected chi connectivity index (χ0v) is 10.9. The molecule has 0 fully saturated rings. The summed E-state index contributed by atoms with van der Waals surface area (Å²) in [5.74, 6) is -0.248. The molecule has 1 aromatic heterocycles. The Morgan fingerprint density at radius 3 is 2.68 bits per heavy atom. The Bertz CT molecular complexity index is 646. The van der Waals surface area contributed by atoms with Gasteiger partial charge in [0.2, 0.25) is 5.56 Å². The molecule has 1 aromatic carbocycles. The number of aryl methyl sites for hydroxylation is 1. The number of aromatic amines is 1. The third-order valence-corrected chi connectivity index (χ3v) is 3.04. The van der Waals surface area contributed by atoms with Crippen molar-refractivity contribution < 1.29 is 4.79 Å². The number of aromatic nitrogens is 1. The van der Waals surface area contributed by atoms with E-state index in [0.717, 1.165) is 11.1 Å². The van der Waals surface area contributed by atoms with Crippen molar-refractivity contribution in [2.45, 2.75) is 19.9 Å². The molecule has 1 atom stereocenters. The van der Waals surface area contributed by atoms with Crippen molar-refractivity contribution in [2.75, 3.05) is 0 Å². The lowest BCUT2D eigenvalue weighted by molar-refractivity contribution is 0.0939. The molecular formula is C15H16N2O2. The fourth-order valence-corrected chi connectivity index (χ4v) is 2.02. The first-order chi connectivity index (χ1) is 9.08. The van der Waals surface area contributed by atoms with Crippen molar-refractivity contribution in [3.05, 3.63) is 69.6 Å². The van der Waals surface area contributed by atoms with E-state index in [1.807, 2.05) is 38.1 Å². The summed E-state index contributed by atoms with van der Waals surface area (Å²) in [5, 5.41) is 2.89. The minimum atomic E-state index is -0.281. The summed E-state index contributed by atoms with van der Waals surface area (Å²) in [6.45, 7) is 3.93. The van der Waals surface area contributed by atoms with Gasteiger partial charge >= 0.3 is 0 Å². The Morgan fingerprint density at radius 1 is 1.26 bits per heavy atom. The molecule has 0 saturated heterocycles. The number of nitrogens with one attached hydrogen (secondary N) is 2. The first kappa shape index (κ1) is 13.1. The van der Waals surface area contributed by atoms with E-state index in [1.54, 1.807) is 6.07 Å². The van der Waals surface area contributed by atoms with Crippen molar-refractivity contribution in [1.82, 2.24) is 10.3 Å². The van der Waals surface area contributed by atoms with Crippen LogP contribution in [0, 0.1) is 6.92 Å². The standard InChI is InChI=1S/C15H16N2O2/c1-10-5-3-4-6-13(10)11(2)17-15(19)12-7-8-16-14(18)9-12/h3-9,11H,1-2H3,(H,16,18)(H,17,19). The molecule has 1 amide bonds. The summed E-state index contributed by atoms with van der Waals surface area (Å²) in [7, 11) is 0. The molecule has 4 nitrogen and oxygen atoms in total. The summed E-state index contributed by atoms with van der Waals surface area (Å²) in [4.78, 5) is 25.7. The van der Waals surface area contributed by atoms with Gasteiger partial charge in [0, 0.05) is 17.8 Å². The zero-order valence-electron chi connectivity index (χ0n) is 10.9. The Hall–Kier alpha value is -2.36. The predicted octanol–water partition coefficient (Wildman–Crippen LogP) is 2.17. The van der Waals surface area contributed by atoms with Crippen LogP contribution in [0.15, 0.2) is 47.4 Å². The number of benzene rings is 1. The van der Waals surface area contributed by atoms with Crippen molar-refractivity contribution in [1.29, 1.82) is 0 Å². The highest BCUT2D eigenvalue weighted by Gasteiger charge is 2.12. The summed E-state index contributed by atoms with van der Waals surface area (Å²) in [5.41, 5.74) is 2.28. The predicted molar refractivity (Wildman–Crippen MR) is 74.1 cm³/mol. The number of carbonyl (C=O) groups is 1. The third kappa shape index (κ3) is 3.10. The van der Waals surface area contributed by atoms with Gasteiger partial charge in [0.15, 0.2) is 0 Å². The van der Waals surface area contributed by atoms with Gasteiger partial charge in [-0.25, -0.2) is 0 Å². The van der Waals surface area contributed by atoms with E-state index in [4.69, 9.17) is 0 Å². The normalized spacial score (nSPS) is 11.9. The van der Waals surface area contributed by atoms with E-state index in [1.165, 1.54) is 12.3 Å². The van der Waals surface area contributed by atoms with Crippen LogP contribution in [0.3, 0.4) is 0 Å². The fourth-order valence-electron chi connectivity index (χ4n) is 2.02. The van der Waals surface area contributed by atoms with Gasteiger partial charge in [-0.05, 0) is 31.0 Å². The fraction of sp³-hybridized carbons (Fsp3) is 0.200. The maximum atomic E-state index is 12.0. The molecule has 0 radical (unpaired) electrons. The second-order valence-electron chi connectivity index (χ2n) is 4.49. The first-order valence-corrected chi connectivity index (χ1v) is 6.13. The van der Waals surface area contributed by atoms with Gasteiger partial charge in [0.25, 0.3) is 5.91 Å². The third-order valence-electron chi connectivity index (χ3n) is 3.04. The highest BCUT2D eigenvalue weighted by molar-refractivity contribution is 5.94. The molecule has 0 saturated carbocycles. The van der Waals surface area contributed by atoms with E-state index < -0.39 is 0 Å². The largest absolute Gasteiger partial charge is 0.346 e. The SMILES string of the molecule is Cc1ccccc1C(C)NC(=O)c1cc[nH]c(=O)c1. The van der Waals surface area contributed by atoms with Gasteiger partial charge in [-0.15, -0.1) is 0 Å². The molecule has 0 aliphatic rings. The molecule has 0 aliphatic heterocycles. The quantitative estimate of drug-likeness (QED) is 0.884. The summed E-state index contributed by atoms with van der Waals surface area (Å²) in [6, 6.07) is 10.7. The van der Waals surface area contributed by atoms with Gasteiger partial charge in [0.1, 0.15) is 0 Å². The molecule has 98 valence electrons. The summed E-state index contributed by atoms with van der Waals surface area (Å²) in [6.07, 6.45) is 1.47. The van der Waals surface area contributed by atoms with Gasteiger partial charge in [0.05, 0.1) is 6.04 Å². The number of amides is 1. The van der Waals surface area contributed by atoms with Gasteiger partial charge in [-0.2, -0.15) is 0 Å². The van der Waals surface area contributed by atoms with E-state index >= 15 is 0 Å². The van der Waals surface area contributed by atoms with Crippen LogP contribution in [0.4, 0.5) is 0 Å². The topological polar surface area (TPSA) is 62.0 Å². The smallest absolute Gasteiger partial charge is 0.252 e. The van der Waals surface area contributed by atoms with Crippen molar-refractivity contribution >= 4 is 5.91 Å². The van der Waals surface area contributed by atoms with Gasteiger partial charge in [-0.1, -0.05) is 24.3 Å². The van der Waals surface area contributed by atoms with Crippen LogP contribution in [0.1, 0.15) is 34.5 Å². The van der Waals surface area contributed by atoms with Crippen LogP contribution in [0.5, 0.6) is 0 Å². The number of H-pyrrole nitrogens is 1. The number of carbonyl (C=O) groups excluding carboxylic acids is 1. The highest BCUT2D eigenvalue weighted by atomic mass is 16.2. The molecular weight excluding hydrogens is 240 g/mol. The molecule has 4 heteroatoms. The van der Waals surface area contributed by atoms with Crippen LogP contribution in [0.25, 0.3) is 0 Å². The minimum Gasteiger partial charge on any atom is -0.346 e. The average Bonchev–Trinajstić information content (AvgIpc) is 2.39. The van der Waals surface area contributed by atoms with Crippen molar-refractivity contribution in [2.24, 2.45) is 0 Å². The van der Waals surface area contributed by atoms with E-state index in [-0.39, 0.29) is 17.5 Å². The van der Waals surface area contributed by atoms with Crippen LogP contribution in [0.2, 0.25) is 0 Å². The van der Waals surface area contributed by atoms with Gasteiger partial charge < -0.3 is 10.3 Å². The molecule has 1 heterocycles. The maximum absolute atomic E-state index is 12.0. The number of hydrogen-bond acceptors (Lipinski definition) is 2. The highest BCUT2D eigenvalue weighted by Crippen LogP contribution is 2.16. The van der Waals surface area contributed by atoms with E-state index in [2.05, 4.69) is 10.3 Å². The average molecular weight is 256 g/mol. The molecule has 2 aromatic rings. The van der Waals surface area contributed by atoms with Crippen LogP contribution < -0.4 is 10.9 Å². The second-order valence-corrected chi connectivity index (χ2v) is 4.49. The lowest BCUT2D eigenvalue weighted by Crippen LogP contribution is -2.28. The second kappa shape index (κ2) is 5.52. The van der Waals surface area contributed by atoms with Crippen LogP contribution in [-0.4, -0.2) is 10.9 Å². The Kier molecular flexibility index (Phi) is 3.80. The lowest BCUT2D eigenvalue weighted by atomic mass is 10.0. The molecule has 2 N–H and O–H groups in total. The van der Waals surface area contributed by atoms with Crippen LogP contribution in [-0.2, 0) is 0 Å². The lowest BCUT2D eigenvalue weighted by Gasteiger charge is -2.16. The monoisotopic (exact) mass is 256 g/mol. The van der Waals surface area contributed by atoms with Gasteiger partial charge in [-0.3, -0.25) is 9.59 Å². The molecule has 1 unspecified atom stereocenters. The summed E-state index contributed by atoms with van der Waals surface area (Å²) < 4.78 is 0. The van der Waals surface area contributed by atoms with Crippen molar-refractivity contribution in [3.63, 3.8) is 0 Å². The first-order valence-electron chi connectivity index (χ1n) is 6.13. The Labute approximate surface area is 111 Å². The van der Waals surface area contributed by atoms with Crippen molar-refractivity contribution in [3.8, 4) is 0 Å². The van der Waals surface area contributed by atoms with Crippen LogP contribution >= 0.6 is 0 Å². The molecule has 2 rings (SSSR count). The molecule has 0 bridgehead atoms. The molecule has 19 heavy (non-hydrogen) atoms. The zero-order chi connectivity index (χ0) is 13.8. The Morgan fingerprint density at radius 2 is 2.00 bits per heavy atom. The van der Waals surface area contributed by atoms with E-state index in [0.29, 0.717) is 5.56 Å². The Balaban J connectivity index is 2.16. The minimum absolute atomic E-state index is 0.104. The molecule has 0 spiro atoms. The maximum Gasteiger partial charge on any atom is 0.252 e. The number of rotatable bonds is 3. The number of pyridine rings is 1. The molecule has 0 aliphatic carbocycles.